The van der Waals surface area contributed by atoms with Crippen molar-refractivity contribution in [3.8, 4) is 0 Å². The van der Waals surface area contributed by atoms with Gasteiger partial charge in [0.15, 0.2) is 0 Å². The first-order valence-electron chi connectivity index (χ1n) is 6.29. The smallest absolute Gasteiger partial charge is 0.215 e. The minimum atomic E-state index is -3.10. The van der Waals surface area contributed by atoms with Crippen molar-refractivity contribution in [2.24, 2.45) is 11.8 Å². The molecule has 2 rings (SSSR count). The topological polar surface area (TPSA) is 58.2 Å². The zero-order valence-electron chi connectivity index (χ0n) is 9.91. The fourth-order valence-electron chi connectivity index (χ4n) is 2.28. The van der Waals surface area contributed by atoms with Crippen LogP contribution in [0.5, 0.6) is 0 Å². The van der Waals surface area contributed by atoms with Gasteiger partial charge in [-0.1, -0.05) is 6.92 Å². The van der Waals surface area contributed by atoms with Gasteiger partial charge < -0.3 is 5.32 Å². The average molecular weight is 246 g/mol. The molecule has 0 amide bonds. The summed E-state index contributed by atoms with van der Waals surface area (Å²) in [6.07, 6.45) is 4.30. The Morgan fingerprint density at radius 2 is 2.12 bits per heavy atom. The van der Waals surface area contributed by atoms with Crippen LogP contribution < -0.4 is 10.0 Å². The molecule has 2 N–H and O–H groups in total. The maximum absolute atomic E-state index is 12.0. The molecule has 1 heterocycles. The summed E-state index contributed by atoms with van der Waals surface area (Å²) in [7, 11) is -3.10. The zero-order chi connectivity index (χ0) is 11.6. The van der Waals surface area contributed by atoms with Crippen LogP contribution >= 0.6 is 0 Å². The lowest BCUT2D eigenvalue weighted by atomic mass is 10.1. The lowest BCUT2D eigenvalue weighted by Crippen LogP contribution is -2.45. The minimum Gasteiger partial charge on any atom is -0.315 e. The molecule has 0 aromatic rings. The third kappa shape index (κ3) is 3.18. The average Bonchev–Trinajstić information content (AvgIpc) is 3.11. The van der Waals surface area contributed by atoms with E-state index in [1.807, 2.05) is 0 Å². The SMILES string of the molecule is CC(CNS(=O)(=O)C1CCCNC1)C1CC1. The van der Waals surface area contributed by atoms with Crippen molar-refractivity contribution in [3.05, 3.63) is 0 Å². The van der Waals surface area contributed by atoms with E-state index in [1.165, 1.54) is 12.8 Å². The van der Waals surface area contributed by atoms with Crippen LogP contribution in [0.3, 0.4) is 0 Å². The highest BCUT2D eigenvalue weighted by Gasteiger charge is 2.31. The van der Waals surface area contributed by atoms with Gasteiger partial charge in [0, 0.05) is 13.1 Å². The normalized spacial score (nSPS) is 28.9. The molecule has 0 aromatic carbocycles. The fraction of sp³-hybridized carbons (Fsp3) is 1.00. The van der Waals surface area contributed by atoms with Gasteiger partial charge >= 0.3 is 0 Å². The summed E-state index contributed by atoms with van der Waals surface area (Å²) < 4.78 is 26.7. The Kier molecular flexibility index (Phi) is 3.87. The van der Waals surface area contributed by atoms with E-state index in [0.717, 1.165) is 25.3 Å². The molecule has 94 valence electrons. The van der Waals surface area contributed by atoms with E-state index in [0.29, 0.717) is 19.0 Å². The first-order valence-corrected chi connectivity index (χ1v) is 7.83. The second-order valence-electron chi connectivity index (χ2n) is 5.18. The van der Waals surface area contributed by atoms with Crippen LogP contribution in [-0.2, 0) is 10.0 Å². The largest absolute Gasteiger partial charge is 0.315 e. The number of sulfonamides is 1. The minimum absolute atomic E-state index is 0.229. The first-order chi connectivity index (χ1) is 7.59. The molecule has 1 saturated carbocycles. The van der Waals surface area contributed by atoms with E-state index in [9.17, 15) is 8.42 Å². The van der Waals surface area contributed by atoms with Crippen molar-refractivity contribution in [1.82, 2.24) is 10.0 Å². The maximum atomic E-state index is 12.0. The summed E-state index contributed by atoms with van der Waals surface area (Å²) in [6.45, 7) is 4.31. The van der Waals surface area contributed by atoms with Crippen LogP contribution in [0, 0.1) is 11.8 Å². The standard InChI is InChI=1S/C11H22N2O2S/c1-9(10-4-5-10)7-13-16(14,15)11-3-2-6-12-8-11/h9-13H,2-8H2,1H3. The summed E-state index contributed by atoms with van der Waals surface area (Å²) in [5.74, 6) is 1.25. The van der Waals surface area contributed by atoms with Crippen LogP contribution in [0.1, 0.15) is 32.6 Å². The molecule has 16 heavy (non-hydrogen) atoms. The second-order valence-corrected chi connectivity index (χ2v) is 7.22. The van der Waals surface area contributed by atoms with Gasteiger partial charge in [-0.25, -0.2) is 13.1 Å². The Bertz CT molecular complexity index is 319. The summed E-state index contributed by atoms with van der Waals surface area (Å²) in [4.78, 5) is 0. The summed E-state index contributed by atoms with van der Waals surface area (Å²) >= 11 is 0. The molecule has 2 aliphatic rings. The molecule has 1 aliphatic heterocycles. The van der Waals surface area contributed by atoms with Gasteiger partial charge in [-0.3, -0.25) is 0 Å². The number of hydrogen-bond acceptors (Lipinski definition) is 3. The Balaban J connectivity index is 1.81. The first kappa shape index (κ1) is 12.3. The molecule has 4 nitrogen and oxygen atoms in total. The number of hydrogen-bond donors (Lipinski definition) is 2. The molecule has 1 saturated heterocycles. The quantitative estimate of drug-likeness (QED) is 0.751. The monoisotopic (exact) mass is 246 g/mol. The number of piperidine rings is 1. The van der Waals surface area contributed by atoms with E-state index in [4.69, 9.17) is 0 Å². The number of nitrogens with one attached hydrogen (secondary N) is 2. The van der Waals surface area contributed by atoms with Crippen molar-refractivity contribution in [2.45, 2.75) is 37.9 Å². The van der Waals surface area contributed by atoms with Gasteiger partial charge in [0.1, 0.15) is 0 Å². The van der Waals surface area contributed by atoms with E-state index in [1.54, 1.807) is 0 Å². The third-order valence-electron chi connectivity index (χ3n) is 3.72. The lowest BCUT2D eigenvalue weighted by molar-refractivity contribution is 0.467. The Hall–Kier alpha value is -0.130. The molecule has 0 aromatic heterocycles. The molecular formula is C11H22N2O2S. The van der Waals surface area contributed by atoms with Crippen molar-refractivity contribution >= 4 is 10.0 Å². The fourth-order valence-corrected chi connectivity index (χ4v) is 3.83. The number of rotatable bonds is 5. The zero-order valence-corrected chi connectivity index (χ0v) is 10.7. The Morgan fingerprint density at radius 1 is 1.38 bits per heavy atom. The van der Waals surface area contributed by atoms with Gasteiger partial charge in [0.2, 0.25) is 10.0 Å². The third-order valence-corrected chi connectivity index (χ3v) is 5.57. The highest BCUT2D eigenvalue weighted by molar-refractivity contribution is 7.90. The molecule has 2 atom stereocenters. The van der Waals surface area contributed by atoms with Crippen molar-refractivity contribution < 1.29 is 8.42 Å². The molecular weight excluding hydrogens is 224 g/mol. The van der Waals surface area contributed by atoms with Crippen molar-refractivity contribution in [2.75, 3.05) is 19.6 Å². The van der Waals surface area contributed by atoms with Crippen molar-refractivity contribution in [3.63, 3.8) is 0 Å². The van der Waals surface area contributed by atoms with E-state index >= 15 is 0 Å². The van der Waals surface area contributed by atoms with Gasteiger partial charge in [-0.2, -0.15) is 0 Å². The van der Waals surface area contributed by atoms with E-state index in [2.05, 4.69) is 17.0 Å². The molecule has 2 unspecified atom stereocenters. The second kappa shape index (κ2) is 5.02. The Morgan fingerprint density at radius 3 is 2.69 bits per heavy atom. The predicted molar refractivity (Wildman–Crippen MR) is 64.7 cm³/mol. The maximum Gasteiger partial charge on any atom is 0.215 e. The summed E-state index contributed by atoms with van der Waals surface area (Å²) in [5.41, 5.74) is 0. The van der Waals surface area contributed by atoms with E-state index < -0.39 is 10.0 Å². The summed E-state index contributed by atoms with van der Waals surface area (Å²) in [5, 5.41) is 2.92. The highest BCUT2D eigenvalue weighted by Crippen LogP contribution is 2.36. The molecule has 5 heteroatoms. The van der Waals surface area contributed by atoms with Crippen LogP contribution in [-0.4, -0.2) is 33.3 Å². The molecule has 0 spiro atoms. The Labute approximate surface area is 98.2 Å². The van der Waals surface area contributed by atoms with Gasteiger partial charge in [-0.15, -0.1) is 0 Å². The van der Waals surface area contributed by atoms with Crippen molar-refractivity contribution in [1.29, 1.82) is 0 Å². The van der Waals surface area contributed by atoms with Gasteiger partial charge in [-0.05, 0) is 44.1 Å². The van der Waals surface area contributed by atoms with Gasteiger partial charge in [0.25, 0.3) is 0 Å². The van der Waals surface area contributed by atoms with Crippen LogP contribution in [0.25, 0.3) is 0 Å². The lowest BCUT2D eigenvalue weighted by Gasteiger charge is -2.23. The molecule has 0 radical (unpaired) electrons. The van der Waals surface area contributed by atoms with E-state index in [-0.39, 0.29) is 5.25 Å². The molecule has 0 bridgehead atoms. The van der Waals surface area contributed by atoms with Gasteiger partial charge in [0.05, 0.1) is 5.25 Å². The molecule has 2 fully saturated rings. The summed E-state index contributed by atoms with van der Waals surface area (Å²) in [6, 6.07) is 0. The molecule has 1 aliphatic carbocycles. The van der Waals surface area contributed by atoms with Crippen LogP contribution in [0.4, 0.5) is 0 Å². The van der Waals surface area contributed by atoms with Crippen LogP contribution in [0.2, 0.25) is 0 Å². The van der Waals surface area contributed by atoms with Crippen LogP contribution in [0.15, 0.2) is 0 Å². The highest BCUT2D eigenvalue weighted by atomic mass is 32.2. The predicted octanol–water partition coefficient (Wildman–Crippen LogP) is 0.704.